The Hall–Kier alpha value is -1.42. The molecular formula is C14H21N3O. The van der Waals surface area contributed by atoms with E-state index in [1.54, 1.807) is 13.1 Å². The van der Waals surface area contributed by atoms with Crippen LogP contribution in [0.4, 0.5) is 0 Å². The quantitative estimate of drug-likeness (QED) is 0.888. The SMILES string of the molecule is CNC(=O)c1cccc(C2CCCN2C(C)C)n1. The summed E-state index contributed by atoms with van der Waals surface area (Å²) >= 11 is 0. The van der Waals surface area contributed by atoms with E-state index in [0.29, 0.717) is 17.8 Å². The molecule has 0 bridgehead atoms. The highest BCUT2D eigenvalue weighted by Crippen LogP contribution is 2.32. The third-order valence-corrected chi connectivity index (χ3v) is 3.53. The summed E-state index contributed by atoms with van der Waals surface area (Å²) in [6, 6.07) is 6.58. The molecule has 4 heteroatoms. The highest BCUT2D eigenvalue weighted by molar-refractivity contribution is 5.91. The van der Waals surface area contributed by atoms with Crippen molar-refractivity contribution in [3.8, 4) is 0 Å². The van der Waals surface area contributed by atoms with Gasteiger partial charge in [0.05, 0.1) is 11.7 Å². The fourth-order valence-electron chi connectivity index (χ4n) is 2.62. The van der Waals surface area contributed by atoms with Gasteiger partial charge in [0, 0.05) is 13.1 Å². The van der Waals surface area contributed by atoms with Crippen LogP contribution in [0.25, 0.3) is 0 Å². The van der Waals surface area contributed by atoms with Crippen LogP contribution >= 0.6 is 0 Å². The number of nitrogens with one attached hydrogen (secondary N) is 1. The first kappa shape index (κ1) is 13.0. The van der Waals surface area contributed by atoms with Crippen LogP contribution in [0.2, 0.25) is 0 Å². The summed E-state index contributed by atoms with van der Waals surface area (Å²) in [4.78, 5) is 18.6. The number of nitrogens with zero attached hydrogens (tertiary/aromatic N) is 2. The summed E-state index contributed by atoms with van der Waals surface area (Å²) < 4.78 is 0. The summed E-state index contributed by atoms with van der Waals surface area (Å²) in [6.45, 7) is 5.54. The van der Waals surface area contributed by atoms with Crippen molar-refractivity contribution >= 4 is 5.91 Å². The molecule has 1 N–H and O–H groups in total. The molecule has 4 nitrogen and oxygen atoms in total. The molecule has 0 aliphatic carbocycles. The molecule has 2 heterocycles. The summed E-state index contributed by atoms with van der Waals surface area (Å²) in [5.74, 6) is -0.119. The monoisotopic (exact) mass is 247 g/mol. The van der Waals surface area contributed by atoms with Gasteiger partial charge in [-0.1, -0.05) is 6.07 Å². The maximum Gasteiger partial charge on any atom is 0.269 e. The van der Waals surface area contributed by atoms with Crippen molar-refractivity contribution in [2.24, 2.45) is 0 Å². The third kappa shape index (κ3) is 2.53. The van der Waals surface area contributed by atoms with Crippen molar-refractivity contribution in [2.75, 3.05) is 13.6 Å². The van der Waals surface area contributed by atoms with E-state index in [9.17, 15) is 4.79 Å². The van der Waals surface area contributed by atoms with Crippen molar-refractivity contribution in [1.29, 1.82) is 0 Å². The molecule has 1 aliphatic rings. The predicted octanol–water partition coefficient (Wildman–Crippen LogP) is 1.99. The molecule has 1 fully saturated rings. The molecule has 1 aromatic heterocycles. The maximum atomic E-state index is 11.6. The van der Waals surface area contributed by atoms with E-state index in [0.717, 1.165) is 18.7 Å². The normalized spacial score (nSPS) is 20.3. The van der Waals surface area contributed by atoms with Crippen LogP contribution in [0.3, 0.4) is 0 Å². The molecule has 1 unspecified atom stereocenters. The van der Waals surface area contributed by atoms with E-state index >= 15 is 0 Å². The van der Waals surface area contributed by atoms with Crippen molar-refractivity contribution in [2.45, 2.75) is 38.8 Å². The number of rotatable bonds is 3. The van der Waals surface area contributed by atoms with Crippen LogP contribution in [-0.2, 0) is 0 Å². The second-order valence-electron chi connectivity index (χ2n) is 5.02. The largest absolute Gasteiger partial charge is 0.354 e. The van der Waals surface area contributed by atoms with Gasteiger partial charge in [0.25, 0.3) is 5.91 Å². The van der Waals surface area contributed by atoms with Gasteiger partial charge in [-0.25, -0.2) is 4.98 Å². The van der Waals surface area contributed by atoms with Crippen molar-refractivity contribution in [3.05, 3.63) is 29.6 Å². The third-order valence-electron chi connectivity index (χ3n) is 3.53. The Morgan fingerprint density at radius 2 is 2.28 bits per heavy atom. The van der Waals surface area contributed by atoms with Gasteiger partial charge in [-0.05, 0) is 45.4 Å². The van der Waals surface area contributed by atoms with Crippen LogP contribution in [0.1, 0.15) is 48.9 Å². The van der Waals surface area contributed by atoms with Crippen molar-refractivity contribution < 1.29 is 4.79 Å². The summed E-state index contributed by atoms with van der Waals surface area (Å²) in [6.07, 6.45) is 2.33. The minimum Gasteiger partial charge on any atom is -0.354 e. The zero-order valence-electron chi connectivity index (χ0n) is 11.3. The van der Waals surface area contributed by atoms with E-state index in [4.69, 9.17) is 0 Å². The van der Waals surface area contributed by atoms with Crippen molar-refractivity contribution in [3.63, 3.8) is 0 Å². The molecule has 1 aliphatic heterocycles. The molecule has 1 saturated heterocycles. The van der Waals surface area contributed by atoms with Gasteiger partial charge in [0.1, 0.15) is 5.69 Å². The number of pyridine rings is 1. The Bertz CT molecular complexity index is 431. The van der Waals surface area contributed by atoms with Crippen LogP contribution in [-0.4, -0.2) is 35.4 Å². The molecule has 98 valence electrons. The zero-order chi connectivity index (χ0) is 13.1. The summed E-state index contributed by atoms with van der Waals surface area (Å²) in [5, 5.41) is 2.62. The molecule has 0 radical (unpaired) electrons. The Kier molecular flexibility index (Phi) is 3.97. The fraction of sp³-hybridized carbons (Fsp3) is 0.571. The van der Waals surface area contributed by atoms with Gasteiger partial charge >= 0.3 is 0 Å². The topological polar surface area (TPSA) is 45.2 Å². The standard InChI is InChI=1S/C14H21N3O/c1-10(2)17-9-5-8-13(17)11-6-4-7-12(16-11)14(18)15-3/h4,6-7,10,13H,5,8-9H2,1-3H3,(H,15,18). The second-order valence-corrected chi connectivity index (χ2v) is 5.02. The highest BCUT2D eigenvalue weighted by Gasteiger charge is 2.29. The fourth-order valence-corrected chi connectivity index (χ4v) is 2.62. The van der Waals surface area contributed by atoms with E-state index in [-0.39, 0.29) is 5.91 Å². The number of carbonyl (C=O) groups is 1. The van der Waals surface area contributed by atoms with Gasteiger partial charge < -0.3 is 5.32 Å². The first-order valence-electron chi connectivity index (χ1n) is 6.58. The van der Waals surface area contributed by atoms with Gasteiger partial charge in [-0.15, -0.1) is 0 Å². The lowest BCUT2D eigenvalue weighted by Crippen LogP contribution is -2.31. The molecule has 1 atom stereocenters. The first-order chi connectivity index (χ1) is 8.63. The average molecular weight is 247 g/mol. The molecule has 1 aromatic rings. The van der Waals surface area contributed by atoms with E-state index < -0.39 is 0 Å². The molecule has 2 rings (SSSR count). The van der Waals surface area contributed by atoms with Gasteiger partial charge in [0.15, 0.2) is 0 Å². The minimum atomic E-state index is -0.119. The van der Waals surface area contributed by atoms with Crippen LogP contribution < -0.4 is 5.32 Å². The zero-order valence-corrected chi connectivity index (χ0v) is 11.3. The Balaban J connectivity index is 2.25. The smallest absolute Gasteiger partial charge is 0.269 e. The van der Waals surface area contributed by atoms with Gasteiger partial charge in [0.2, 0.25) is 0 Å². The van der Waals surface area contributed by atoms with E-state index in [2.05, 4.69) is 29.0 Å². The lowest BCUT2D eigenvalue weighted by atomic mass is 10.1. The van der Waals surface area contributed by atoms with Crippen molar-refractivity contribution in [1.82, 2.24) is 15.2 Å². The van der Waals surface area contributed by atoms with E-state index in [1.807, 2.05) is 12.1 Å². The van der Waals surface area contributed by atoms with Gasteiger partial charge in [-0.2, -0.15) is 0 Å². The molecule has 1 amide bonds. The highest BCUT2D eigenvalue weighted by atomic mass is 16.1. The Morgan fingerprint density at radius 1 is 1.50 bits per heavy atom. The molecule has 0 aromatic carbocycles. The molecular weight excluding hydrogens is 226 g/mol. The number of amides is 1. The number of likely N-dealkylation sites (tertiary alicyclic amines) is 1. The minimum absolute atomic E-state index is 0.119. The predicted molar refractivity (Wildman–Crippen MR) is 71.4 cm³/mol. The molecule has 0 saturated carbocycles. The lowest BCUT2D eigenvalue weighted by Gasteiger charge is -2.27. The van der Waals surface area contributed by atoms with Crippen LogP contribution in [0.15, 0.2) is 18.2 Å². The first-order valence-corrected chi connectivity index (χ1v) is 6.58. The number of carbonyl (C=O) groups excluding carboxylic acids is 1. The molecule has 18 heavy (non-hydrogen) atoms. The van der Waals surface area contributed by atoms with Crippen LogP contribution in [0.5, 0.6) is 0 Å². The Morgan fingerprint density at radius 3 is 2.94 bits per heavy atom. The Labute approximate surface area is 108 Å². The van der Waals surface area contributed by atoms with Gasteiger partial charge in [-0.3, -0.25) is 9.69 Å². The molecule has 0 spiro atoms. The maximum absolute atomic E-state index is 11.6. The van der Waals surface area contributed by atoms with E-state index in [1.165, 1.54) is 6.42 Å². The summed E-state index contributed by atoms with van der Waals surface area (Å²) in [5.41, 5.74) is 1.52. The number of aromatic nitrogens is 1. The number of hydrogen-bond acceptors (Lipinski definition) is 3. The average Bonchev–Trinajstić information content (AvgIpc) is 2.87. The second kappa shape index (κ2) is 5.48. The lowest BCUT2D eigenvalue weighted by molar-refractivity contribution is 0.0957. The number of hydrogen-bond donors (Lipinski definition) is 1. The summed E-state index contributed by atoms with van der Waals surface area (Å²) in [7, 11) is 1.63. The van der Waals surface area contributed by atoms with Crippen LogP contribution in [0, 0.1) is 0 Å².